The molecular weight excluding hydrogens is 1480 g/mol. The summed E-state index contributed by atoms with van der Waals surface area (Å²) in [6.45, 7) is 12.5. The van der Waals surface area contributed by atoms with E-state index < -0.39 is 6.71 Å². The lowest BCUT2D eigenvalue weighted by Crippen LogP contribution is -2.61. The number of rotatable bonds is 11. The second-order valence-electron chi connectivity index (χ2n) is 35.7. The number of benzene rings is 17. The minimum atomic E-state index is -1.15. The monoisotopic (exact) mass is 1570 g/mol. The van der Waals surface area contributed by atoms with Crippen LogP contribution in [-0.2, 0) is 10.8 Å². The van der Waals surface area contributed by atoms with Gasteiger partial charge in [0.05, 0.1) is 63.7 Å². The summed E-state index contributed by atoms with van der Waals surface area (Å²) in [5.74, 6) is 0.0641. The lowest BCUT2D eigenvalue weighted by Gasteiger charge is -2.46. The number of para-hydroxylation sites is 6. The van der Waals surface area contributed by atoms with Crippen LogP contribution in [0.2, 0.25) is 0 Å². The molecule has 122 heavy (non-hydrogen) atoms. The molecule has 0 atom stereocenters. The molecule has 0 unspecified atom stereocenters. The maximum absolute atomic E-state index is 12.1. The zero-order valence-corrected chi connectivity index (χ0v) is 69.0. The summed E-state index contributed by atoms with van der Waals surface area (Å²) in [7, 11) is 0. The van der Waals surface area contributed by atoms with E-state index in [2.05, 4.69) is 397 Å². The molecule has 3 aliphatic rings. The van der Waals surface area contributed by atoms with Gasteiger partial charge in [0.2, 0.25) is 0 Å². The average Bonchev–Trinajstić information content (AvgIpc) is 1.12. The number of nitrogens with zero attached hydrogens (tertiary/aromatic N) is 6. The van der Waals surface area contributed by atoms with Gasteiger partial charge in [0.25, 0.3) is 6.71 Å². The van der Waals surface area contributed by atoms with Crippen LogP contribution in [0.5, 0.6) is 0 Å². The summed E-state index contributed by atoms with van der Waals surface area (Å²) in [4.78, 5) is 4.68. The number of aromatic nitrogens is 4. The van der Waals surface area contributed by atoms with Crippen molar-refractivity contribution in [1.29, 1.82) is 0 Å². The van der Waals surface area contributed by atoms with Crippen LogP contribution in [0.3, 0.4) is 0 Å². The Labute approximate surface area is 720 Å². The highest BCUT2D eigenvalue weighted by atomic mass is 15.2. The number of hydrogen-bond donors (Lipinski definition) is 0. The number of anilines is 6. The van der Waals surface area contributed by atoms with Crippen LogP contribution in [-0.4, -0.2) is 25.0 Å². The largest absolute Gasteiger partial charge is 0.310 e. The fourth-order valence-electron chi connectivity index (χ4n) is 20.8. The van der Waals surface area contributed by atoms with Gasteiger partial charge >= 0.3 is 0 Å². The molecule has 0 amide bonds. The summed E-state index contributed by atoms with van der Waals surface area (Å²) in [6, 6.07) is 120. The van der Waals surface area contributed by atoms with E-state index in [0.29, 0.717) is 22.3 Å². The van der Waals surface area contributed by atoms with Gasteiger partial charge in [-0.1, -0.05) is 297 Å². The molecule has 2 aliphatic heterocycles. The molecule has 582 valence electrons. The molecule has 1 aliphatic carbocycles. The van der Waals surface area contributed by atoms with E-state index in [1.165, 1.54) is 0 Å². The van der Waals surface area contributed by atoms with E-state index in [-0.39, 0.29) is 64.4 Å². The van der Waals surface area contributed by atoms with Crippen LogP contribution in [0.15, 0.2) is 376 Å². The predicted molar refractivity (Wildman–Crippen MR) is 518 cm³/mol. The van der Waals surface area contributed by atoms with E-state index in [0.717, 1.165) is 214 Å². The van der Waals surface area contributed by atoms with Gasteiger partial charge in [-0.3, -0.25) is 0 Å². The van der Waals surface area contributed by atoms with Gasteiger partial charge < -0.3 is 28.1 Å². The van der Waals surface area contributed by atoms with Crippen molar-refractivity contribution in [2.24, 2.45) is 0 Å². The van der Waals surface area contributed by atoms with Crippen molar-refractivity contribution in [3.8, 4) is 67.3 Å². The van der Waals surface area contributed by atoms with Crippen LogP contribution in [0.25, 0.3) is 154 Å². The third-order valence-electron chi connectivity index (χ3n) is 26.6. The molecule has 1 saturated carbocycles. The van der Waals surface area contributed by atoms with Crippen LogP contribution < -0.4 is 26.2 Å². The van der Waals surface area contributed by atoms with Crippen molar-refractivity contribution >= 4 is 144 Å². The van der Waals surface area contributed by atoms with Gasteiger partial charge in [-0.25, -0.2) is 0 Å². The van der Waals surface area contributed by atoms with Crippen LogP contribution in [0, 0.1) is 0 Å². The second kappa shape index (κ2) is 27.6. The Morgan fingerprint density at radius 2 is 0.557 bits per heavy atom. The molecule has 17 aromatic carbocycles. The third kappa shape index (κ3) is 11.1. The lowest BCUT2D eigenvalue weighted by atomic mass is 9.33. The van der Waals surface area contributed by atoms with Gasteiger partial charge in [0.1, 0.15) is 0 Å². The maximum atomic E-state index is 12.1. The molecule has 4 aromatic heterocycles. The van der Waals surface area contributed by atoms with Gasteiger partial charge in [-0.15, -0.1) is 0 Å². The van der Waals surface area contributed by atoms with Crippen molar-refractivity contribution in [1.82, 2.24) is 18.3 Å². The van der Waals surface area contributed by atoms with Crippen molar-refractivity contribution in [2.75, 3.05) is 9.80 Å². The normalized spacial score (nSPS) is 14.3. The minimum absolute atomic E-state index is 0.0110. The van der Waals surface area contributed by atoms with Crippen LogP contribution in [0.1, 0.15) is 98.1 Å². The molecule has 24 rings (SSSR count). The van der Waals surface area contributed by atoms with E-state index in [9.17, 15) is 8.22 Å². The Morgan fingerprint density at radius 1 is 0.279 bits per heavy atom. The van der Waals surface area contributed by atoms with Crippen LogP contribution in [0.4, 0.5) is 34.1 Å². The topological polar surface area (TPSA) is 26.2 Å². The fraction of sp³-hybridized carbons (Fsp3) is 0.113. The lowest BCUT2D eigenvalue weighted by molar-refractivity contribution is 0.590. The molecule has 0 N–H and O–H groups in total. The Morgan fingerprint density at radius 3 is 0.869 bits per heavy atom. The number of hydrogen-bond acceptors (Lipinski definition) is 2. The molecule has 6 nitrogen and oxygen atoms in total. The SMILES string of the molecule is [2H]c1c([2H])c(-n2c3ccccc3c3cc(-n4c5ccccc5c5ccccc54)ccc32)c([2H])c2c1B1c3c(cc(C4CCCC4)cc3N(c3c(-c4ccccc4)cc(C(C)(C)C)cc3-c3ccccc3)c3c([2H])c(-n4c5ccccc5c5cc(-n6c7ccccc7c7ccccc76)ccc54)c([2H])c([2H])c31)N2c1c(-c2ccccc2)cc(C(C)(C)C)cc1-c1ccccc1. The van der Waals surface area contributed by atoms with Gasteiger partial charge in [0, 0.05) is 111 Å². The standard InChI is InChI=1S/C115H89BN6/c1-114(2,3)79-65-91(74-35-11-7-12-36-74)112(92(66-79)75-37-13-8-14-38-75)121-107-71-83(119-103-53-31-25-47-89(103)95-69-81(57-61-105(95)119)117-99-49-27-21-43-85(99)86-44-22-28-50-100(86)117)55-59-97(107)116-98-60-56-84(120-104-54-32-26-48-90(104)96-70-82(58-62-106(96)120)118-101-51-29-23-45-87(101)88-46-24-30-52-102(88)118)72-108(98)122(110-64-78(63-109(121)111(110)116)73-33-19-20-34-73)113-93(76-39-15-9-16-40-76)67-80(115(4,5)6)68-94(113)77-41-17-10-18-42-77/h7-18,21-32,35-73H,19-20,33-34H2,1-6H3/i55D,56D,59D,60D,71D,72D. The molecular formula is C115H89BN6. The summed E-state index contributed by atoms with van der Waals surface area (Å²) < 4.78 is 79.4. The highest BCUT2D eigenvalue weighted by Crippen LogP contribution is 2.57. The summed E-state index contributed by atoms with van der Waals surface area (Å²) in [5.41, 5.74) is 25.0. The van der Waals surface area contributed by atoms with Gasteiger partial charge in [-0.2, -0.15) is 0 Å². The van der Waals surface area contributed by atoms with E-state index in [1.54, 1.807) is 0 Å². The third-order valence-corrected chi connectivity index (χ3v) is 26.6. The minimum Gasteiger partial charge on any atom is -0.310 e. The highest BCUT2D eigenvalue weighted by molar-refractivity contribution is 7.00. The average molecular weight is 1570 g/mol. The first-order valence-electron chi connectivity index (χ1n) is 46.0. The Kier molecular flexibility index (Phi) is 14.8. The van der Waals surface area contributed by atoms with Crippen molar-refractivity contribution in [2.45, 2.75) is 84.0 Å². The predicted octanol–water partition coefficient (Wildman–Crippen LogP) is 29.1. The molecule has 21 aromatic rings. The van der Waals surface area contributed by atoms with Crippen molar-refractivity contribution < 1.29 is 8.22 Å². The second-order valence-corrected chi connectivity index (χ2v) is 35.7. The quantitative estimate of drug-likeness (QED) is 0.121. The molecule has 7 heteroatoms. The van der Waals surface area contributed by atoms with E-state index in [1.807, 2.05) is 12.1 Å². The van der Waals surface area contributed by atoms with Crippen molar-refractivity contribution in [3.05, 3.63) is 393 Å². The molecule has 0 bridgehead atoms. The zero-order chi connectivity index (χ0) is 86.6. The summed E-state index contributed by atoms with van der Waals surface area (Å²) in [6.07, 6.45) is 3.88. The van der Waals surface area contributed by atoms with Gasteiger partial charge in [0.15, 0.2) is 0 Å². The highest BCUT2D eigenvalue weighted by Gasteiger charge is 2.47. The Hall–Kier alpha value is -14.4. The molecule has 1 fully saturated rings. The van der Waals surface area contributed by atoms with E-state index in [4.69, 9.17) is 0 Å². The fourth-order valence-corrected chi connectivity index (χ4v) is 20.8. The maximum Gasteiger partial charge on any atom is 0.252 e. The first-order chi connectivity index (χ1) is 62.4. The molecule has 6 heterocycles. The van der Waals surface area contributed by atoms with Crippen molar-refractivity contribution in [3.63, 3.8) is 0 Å². The first kappa shape index (κ1) is 65.5. The molecule has 0 saturated heterocycles. The zero-order valence-electron chi connectivity index (χ0n) is 75.0. The molecule has 0 radical (unpaired) electrons. The first-order valence-corrected chi connectivity index (χ1v) is 43.0. The Balaban J connectivity index is 0.873. The smallest absolute Gasteiger partial charge is 0.252 e. The summed E-state index contributed by atoms with van der Waals surface area (Å²) in [5, 5.41) is 8.27. The van der Waals surface area contributed by atoms with E-state index >= 15 is 0 Å². The molecule has 0 spiro atoms. The Bertz CT molecular complexity index is 7550. The summed E-state index contributed by atoms with van der Waals surface area (Å²) >= 11 is 0. The van der Waals surface area contributed by atoms with Crippen LogP contribution >= 0.6 is 0 Å². The van der Waals surface area contributed by atoms with Gasteiger partial charge in [-0.05, 0) is 218 Å². The number of fused-ring (bicyclic) bond motifs is 16.